The highest BCUT2D eigenvalue weighted by Crippen LogP contribution is 2.31. The van der Waals surface area contributed by atoms with Crippen LogP contribution in [0.2, 0.25) is 0 Å². The van der Waals surface area contributed by atoms with Gasteiger partial charge >= 0.3 is 0 Å². The highest BCUT2D eigenvalue weighted by atomic mass is 16.4. The van der Waals surface area contributed by atoms with Gasteiger partial charge < -0.3 is 9.52 Å². The summed E-state index contributed by atoms with van der Waals surface area (Å²) in [6.45, 7) is 6.20. The van der Waals surface area contributed by atoms with Crippen LogP contribution in [0.25, 0.3) is 11.1 Å². The van der Waals surface area contributed by atoms with Crippen molar-refractivity contribution in [3.8, 4) is 11.1 Å². The Kier molecular flexibility index (Phi) is 2.84. The first kappa shape index (κ1) is 11.0. The highest BCUT2D eigenvalue weighted by molar-refractivity contribution is 5.72. The third-order valence-corrected chi connectivity index (χ3v) is 2.84. The topological polar surface area (TPSA) is 33.4 Å². The smallest absolute Gasteiger partial charge is 0.136 e. The Labute approximate surface area is 95.5 Å². The van der Waals surface area contributed by atoms with Crippen LogP contribution in [-0.4, -0.2) is 5.11 Å². The molecule has 0 aliphatic carbocycles. The van der Waals surface area contributed by atoms with Crippen LogP contribution in [0.4, 0.5) is 0 Å². The van der Waals surface area contributed by atoms with Crippen LogP contribution in [-0.2, 0) is 6.61 Å². The molecule has 0 saturated carbocycles. The minimum atomic E-state index is -0.0604. The molecule has 1 aromatic carbocycles. The lowest BCUT2D eigenvalue weighted by Gasteiger charge is -2.10. The number of rotatable bonds is 2. The van der Waals surface area contributed by atoms with Crippen molar-refractivity contribution < 1.29 is 9.52 Å². The maximum Gasteiger partial charge on any atom is 0.136 e. The zero-order valence-corrected chi connectivity index (χ0v) is 9.87. The fraction of sp³-hybridized carbons (Fsp3) is 0.286. The molecule has 0 bridgehead atoms. The molecule has 2 rings (SSSR count). The van der Waals surface area contributed by atoms with E-state index in [0.717, 1.165) is 5.56 Å². The molecule has 0 aliphatic rings. The van der Waals surface area contributed by atoms with Crippen molar-refractivity contribution in [2.75, 3.05) is 0 Å². The van der Waals surface area contributed by atoms with Gasteiger partial charge in [0.1, 0.15) is 12.4 Å². The summed E-state index contributed by atoms with van der Waals surface area (Å²) in [5.74, 6) is 0.634. The van der Waals surface area contributed by atoms with Crippen LogP contribution in [0, 0.1) is 20.8 Å². The molecule has 0 radical (unpaired) electrons. The predicted molar refractivity (Wildman–Crippen MR) is 64.3 cm³/mol. The second-order valence-electron chi connectivity index (χ2n) is 4.19. The van der Waals surface area contributed by atoms with Crippen LogP contribution >= 0.6 is 0 Å². The number of aliphatic hydroxyl groups excluding tert-OH is 1. The van der Waals surface area contributed by atoms with Crippen LogP contribution in [0.3, 0.4) is 0 Å². The number of benzene rings is 1. The van der Waals surface area contributed by atoms with Crippen molar-refractivity contribution in [1.29, 1.82) is 0 Å². The standard InChI is InChI=1S/C14H16O2/c1-9-6-10(2)14(11(3)7-9)12-4-5-16-13(12)8-15/h4-7,15H,8H2,1-3H3. The van der Waals surface area contributed by atoms with E-state index in [1.165, 1.54) is 22.3 Å². The Hall–Kier alpha value is -1.54. The molecule has 1 N–H and O–H groups in total. The molecule has 2 heteroatoms. The van der Waals surface area contributed by atoms with E-state index < -0.39 is 0 Å². The molecule has 84 valence electrons. The van der Waals surface area contributed by atoms with Crippen LogP contribution in [0.5, 0.6) is 0 Å². The maximum atomic E-state index is 9.21. The first-order valence-electron chi connectivity index (χ1n) is 5.39. The molecule has 0 saturated heterocycles. The Morgan fingerprint density at radius 2 is 1.75 bits per heavy atom. The van der Waals surface area contributed by atoms with Gasteiger partial charge in [-0.3, -0.25) is 0 Å². The molecule has 0 spiro atoms. The van der Waals surface area contributed by atoms with Crippen LogP contribution in [0.1, 0.15) is 22.5 Å². The van der Waals surface area contributed by atoms with Crippen molar-refractivity contribution in [1.82, 2.24) is 0 Å². The van der Waals surface area contributed by atoms with E-state index in [1.54, 1.807) is 6.26 Å². The Bertz CT molecular complexity index is 486. The van der Waals surface area contributed by atoms with Gasteiger partial charge in [0.05, 0.1) is 6.26 Å². The SMILES string of the molecule is Cc1cc(C)c(-c2ccoc2CO)c(C)c1. The summed E-state index contributed by atoms with van der Waals surface area (Å²) in [7, 11) is 0. The largest absolute Gasteiger partial charge is 0.466 e. The monoisotopic (exact) mass is 216 g/mol. The summed E-state index contributed by atoms with van der Waals surface area (Å²) in [5.41, 5.74) is 5.86. The third kappa shape index (κ3) is 1.76. The number of furan rings is 1. The summed E-state index contributed by atoms with van der Waals surface area (Å²) in [6, 6.07) is 6.21. The van der Waals surface area contributed by atoms with Crippen molar-refractivity contribution in [2.24, 2.45) is 0 Å². The molecule has 2 nitrogen and oxygen atoms in total. The normalized spacial score (nSPS) is 10.8. The van der Waals surface area contributed by atoms with Gasteiger partial charge in [0.2, 0.25) is 0 Å². The molecule has 1 aromatic heterocycles. The van der Waals surface area contributed by atoms with Gasteiger partial charge in [-0.25, -0.2) is 0 Å². The Morgan fingerprint density at radius 1 is 1.12 bits per heavy atom. The van der Waals surface area contributed by atoms with E-state index in [9.17, 15) is 5.11 Å². The van der Waals surface area contributed by atoms with Crippen molar-refractivity contribution in [2.45, 2.75) is 27.4 Å². The number of hydrogen-bond donors (Lipinski definition) is 1. The van der Waals surface area contributed by atoms with E-state index in [1.807, 2.05) is 6.07 Å². The van der Waals surface area contributed by atoms with E-state index in [-0.39, 0.29) is 6.61 Å². The van der Waals surface area contributed by atoms with E-state index in [0.29, 0.717) is 5.76 Å². The van der Waals surface area contributed by atoms with Gasteiger partial charge in [-0.1, -0.05) is 17.7 Å². The first-order valence-corrected chi connectivity index (χ1v) is 5.39. The number of aryl methyl sites for hydroxylation is 3. The molecule has 2 aromatic rings. The molecule has 0 unspecified atom stereocenters. The molecule has 16 heavy (non-hydrogen) atoms. The van der Waals surface area contributed by atoms with Crippen LogP contribution < -0.4 is 0 Å². The highest BCUT2D eigenvalue weighted by Gasteiger charge is 2.12. The summed E-state index contributed by atoms with van der Waals surface area (Å²) in [4.78, 5) is 0. The lowest BCUT2D eigenvalue weighted by atomic mass is 9.94. The molecule has 0 atom stereocenters. The minimum absolute atomic E-state index is 0.0604. The zero-order valence-electron chi connectivity index (χ0n) is 9.87. The van der Waals surface area contributed by atoms with Gasteiger partial charge in [-0.2, -0.15) is 0 Å². The summed E-state index contributed by atoms with van der Waals surface area (Å²) >= 11 is 0. The Morgan fingerprint density at radius 3 is 2.31 bits per heavy atom. The number of hydrogen-bond acceptors (Lipinski definition) is 2. The second kappa shape index (κ2) is 4.14. The van der Waals surface area contributed by atoms with E-state index in [2.05, 4.69) is 32.9 Å². The zero-order chi connectivity index (χ0) is 11.7. The average Bonchev–Trinajstić information content (AvgIpc) is 2.64. The average molecular weight is 216 g/mol. The summed E-state index contributed by atoms with van der Waals surface area (Å²) in [6.07, 6.45) is 1.62. The lowest BCUT2D eigenvalue weighted by molar-refractivity contribution is 0.248. The van der Waals surface area contributed by atoms with E-state index >= 15 is 0 Å². The molecular formula is C14H16O2. The minimum Gasteiger partial charge on any atom is -0.466 e. The van der Waals surface area contributed by atoms with Crippen LogP contribution in [0.15, 0.2) is 28.9 Å². The van der Waals surface area contributed by atoms with Gasteiger partial charge in [0.25, 0.3) is 0 Å². The quantitative estimate of drug-likeness (QED) is 0.835. The van der Waals surface area contributed by atoms with Gasteiger partial charge in [0.15, 0.2) is 0 Å². The van der Waals surface area contributed by atoms with Gasteiger partial charge in [-0.05, 0) is 43.5 Å². The van der Waals surface area contributed by atoms with Gasteiger partial charge in [-0.15, -0.1) is 0 Å². The maximum absolute atomic E-state index is 9.21. The van der Waals surface area contributed by atoms with E-state index in [4.69, 9.17) is 4.42 Å². The van der Waals surface area contributed by atoms with Crippen molar-refractivity contribution in [3.05, 3.63) is 46.9 Å². The van der Waals surface area contributed by atoms with Crippen molar-refractivity contribution >= 4 is 0 Å². The third-order valence-electron chi connectivity index (χ3n) is 2.84. The molecule has 0 fully saturated rings. The fourth-order valence-corrected chi connectivity index (χ4v) is 2.29. The lowest BCUT2D eigenvalue weighted by Crippen LogP contribution is -1.92. The fourth-order valence-electron chi connectivity index (χ4n) is 2.29. The molecular weight excluding hydrogens is 200 g/mol. The second-order valence-corrected chi connectivity index (χ2v) is 4.19. The predicted octanol–water partition coefficient (Wildman–Crippen LogP) is 3.36. The number of aliphatic hydroxyl groups is 1. The van der Waals surface area contributed by atoms with Gasteiger partial charge in [0, 0.05) is 5.56 Å². The summed E-state index contributed by atoms with van der Waals surface area (Å²) < 4.78 is 5.26. The first-order chi connectivity index (χ1) is 7.63. The summed E-state index contributed by atoms with van der Waals surface area (Å²) in [5, 5.41) is 9.21. The Balaban J connectivity index is 2.64. The molecule has 0 aliphatic heterocycles. The van der Waals surface area contributed by atoms with Crippen molar-refractivity contribution in [3.63, 3.8) is 0 Å². The molecule has 0 amide bonds. The molecule has 1 heterocycles.